The number of nitrogens with zero attached hydrogens (tertiary/aromatic N) is 2. The maximum atomic E-state index is 5.36. The minimum Gasteiger partial charge on any atom is -0.497 e. The average Bonchev–Trinajstić information content (AvgIpc) is 2.88. The number of methoxy groups -OCH3 is 1. The van der Waals surface area contributed by atoms with Gasteiger partial charge in [-0.05, 0) is 50.1 Å². The Morgan fingerprint density at radius 1 is 1.24 bits per heavy atom. The third-order valence-electron chi connectivity index (χ3n) is 3.75. The van der Waals surface area contributed by atoms with Crippen LogP contribution in [0.2, 0.25) is 0 Å². The Labute approximate surface area is 127 Å². The smallest absolute Gasteiger partial charge is 0.119 e. The molecule has 4 nitrogen and oxygen atoms in total. The summed E-state index contributed by atoms with van der Waals surface area (Å²) in [5.74, 6) is 0.896. The van der Waals surface area contributed by atoms with Gasteiger partial charge >= 0.3 is 0 Å². The number of hydrogen-bond donors (Lipinski definition) is 1. The van der Waals surface area contributed by atoms with E-state index in [-0.39, 0.29) is 0 Å². The summed E-state index contributed by atoms with van der Waals surface area (Å²) in [4.78, 5) is 0. The molecule has 1 heterocycles. The number of nitrogens with one attached hydrogen (secondary N) is 1. The standard InChI is InChI=1S/C17H25N3O/c1-5-9-18-11-14-10-15(21-4)7-8-16(14)17-12-19-20(6-2)13(17)3/h7-8,10,12,18H,5-6,9,11H2,1-4H3. The molecule has 0 spiro atoms. The van der Waals surface area contributed by atoms with Crippen molar-refractivity contribution in [2.75, 3.05) is 13.7 Å². The first-order valence-electron chi connectivity index (χ1n) is 7.61. The highest BCUT2D eigenvalue weighted by molar-refractivity contribution is 5.70. The molecule has 0 saturated heterocycles. The van der Waals surface area contributed by atoms with Crippen molar-refractivity contribution in [3.63, 3.8) is 0 Å². The van der Waals surface area contributed by atoms with Crippen molar-refractivity contribution >= 4 is 0 Å². The fourth-order valence-corrected chi connectivity index (χ4v) is 2.54. The first kappa shape index (κ1) is 15.6. The molecule has 1 aromatic heterocycles. The molecule has 1 N–H and O–H groups in total. The van der Waals surface area contributed by atoms with Crippen LogP contribution in [0, 0.1) is 6.92 Å². The van der Waals surface area contributed by atoms with E-state index in [0.29, 0.717) is 0 Å². The van der Waals surface area contributed by atoms with Gasteiger partial charge < -0.3 is 10.1 Å². The lowest BCUT2D eigenvalue weighted by Gasteiger charge is -2.12. The van der Waals surface area contributed by atoms with Gasteiger partial charge in [-0.1, -0.05) is 13.0 Å². The summed E-state index contributed by atoms with van der Waals surface area (Å²) in [6, 6.07) is 6.26. The zero-order valence-electron chi connectivity index (χ0n) is 13.4. The monoisotopic (exact) mass is 287 g/mol. The molecule has 4 heteroatoms. The molecule has 0 aliphatic carbocycles. The third kappa shape index (κ3) is 3.45. The topological polar surface area (TPSA) is 39.1 Å². The highest BCUT2D eigenvalue weighted by atomic mass is 16.5. The van der Waals surface area contributed by atoms with Gasteiger partial charge in [-0.3, -0.25) is 4.68 Å². The lowest BCUT2D eigenvalue weighted by Crippen LogP contribution is -2.14. The summed E-state index contributed by atoms with van der Waals surface area (Å²) in [5, 5.41) is 7.93. The number of hydrogen-bond acceptors (Lipinski definition) is 3. The molecule has 21 heavy (non-hydrogen) atoms. The molecule has 0 amide bonds. The minimum absolute atomic E-state index is 0.844. The maximum Gasteiger partial charge on any atom is 0.119 e. The van der Waals surface area contributed by atoms with Crippen LogP contribution in [0.25, 0.3) is 11.1 Å². The molecule has 0 aliphatic rings. The van der Waals surface area contributed by atoms with Crippen LogP contribution in [-0.2, 0) is 13.1 Å². The normalized spacial score (nSPS) is 10.9. The van der Waals surface area contributed by atoms with Gasteiger partial charge in [0, 0.05) is 24.3 Å². The summed E-state index contributed by atoms with van der Waals surface area (Å²) in [6.45, 7) is 9.17. The van der Waals surface area contributed by atoms with Gasteiger partial charge in [0.15, 0.2) is 0 Å². The first-order chi connectivity index (χ1) is 10.2. The number of rotatable bonds is 7. The van der Waals surface area contributed by atoms with Gasteiger partial charge in [0.05, 0.1) is 13.3 Å². The fourth-order valence-electron chi connectivity index (χ4n) is 2.54. The lowest BCUT2D eigenvalue weighted by molar-refractivity contribution is 0.414. The highest BCUT2D eigenvalue weighted by Crippen LogP contribution is 2.29. The van der Waals surface area contributed by atoms with Gasteiger partial charge in [0.2, 0.25) is 0 Å². The predicted molar refractivity (Wildman–Crippen MR) is 86.6 cm³/mol. The van der Waals surface area contributed by atoms with Crippen LogP contribution in [0.4, 0.5) is 0 Å². The Kier molecular flexibility index (Phi) is 5.39. The van der Waals surface area contributed by atoms with E-state index in [2.05, 4.69) is 43.3 Å². The van der Waals surface area contributed by atoms with Crippen LogP contribution >= 0.6 is 0 Å². The number of aryl methyl sites for hydroxylation is 1. The highest BCUT2D eigenvalue weighted by Gasteiger charge is 2.12. The predicted octanol–water partition coefficient (Wildman–Crippen LogP) is 3.39. The number of aromatic nitrogens is 2. The summed E-state index contributed by atoms with van der Waals surface area (Å²) in [7, 11) is 1.71. The maximum absolute atomic E-state index is 5.36. The second-order valence-electron chi connectivity index (χ2n) is 5.16. The van der Waals surface area contributed by atoms with Crippen molar-refractivity contribution < 1.29 is 4.74 Å². The molecule has 114 valence electrons. The van der Waals surface area contributed by atoms with Gasteiger partial charge in [-0.25, -0.2) is 0 Å². The van der Waals surface area contributed by atoms with Gasteiger partial charge in [0.1, 0.15) is 5.75 Å². The van der Waals surface area contributed by atoms with Gasteiger partial charge in [-0.2, -0.15) is 5.10 Å². The van der Waals surface area contributed by atoms with Crippen LogP contribution in [0.15, 0.2) is 24.4 Å². The van der Waals surface area contributed by atoms with Crippen LogP contribution in [-0.4, -0.2) is 23.4 Å². The molecular weight excluding hydrogens is 262 g/mol. The lowest BCUT2D eigenvalue weighted by atomic mass is 10.00. The quantitative estimate of drug-likeness (QED) is 0.793. The summed E-state index contributed by atoms with van der Waals surface area (Å²) >= 11 is 0. The largest absolute Gasteiger partial charge is 0.497 e. The van der Waals surface area contributed by atoms with Crippen molar-refractivity contribution in [2.24, 2.45) is 0 Å². The minimum atomic E-state index is 0.844. The number of ether oxygens (including phenoxy) is 1. The van der Waals surface area contributed by atoms with E-state index in [1.807, 2.05) is 16.9 Å². The Morgan fingerprint density at radius 3 is 2.67 bits per heavy atom. The van der Waals surface area contributed by atoms with Crippen molar-refractivity contribution in [1.82, 2.24) is 15.1 Å². The molecular formula is C17H25N3O. The fraction of sp³-hybridized carbons (Fsp3) is 0.471. The molecule has 0 aliphatic heterocycles. The zero-order chi connectivity index (χ0) is 15.2. The second-order valence-corrected chi connectivity index (χ2v) is 5.16. The Bertz CT molecular complexity index is 590. The van der Waals surface area contributed by atoms with E-state index in [9.17, 15) is 0 Å². The molecule has 1 aromatic carbocycles. The number of benzene rings is 1. The van der Waals surface area contributed by atoms with E-state index in [0.717, 1.165) is 31.8 Å². The third-order valence-corrected chi connectivity index (χ3v) is 3.75. The van der Waals surface area contributed by atoms with Crippen molar-refractivity contribution in [3.05, 3.63) is 35.7 Å². The molecule has 0 fully saturated rings. The van der Waals surface area contributed by atoms with E-state index >= 15 is 0 Å². The van der Waals surface area contributed by atoms with Crippen LogP contribution in [0.5, 0.6) is 5.75 Å². The van der Waals surface area contributed by atoms with E-state index in [1.54, 1.807) is 7.11 Å². The Balaban J connectivity index is 2.38. The van der Waals surface area contributed by atoms with Crippen LogP contribution in [0.3, 0.4) is 0 Å². The second kappa shape index (κ2) is 7.27. The molecule has 0 saturated carbocycles. The van der Waals surface area contributed by atoms with Crippen molar-refractivity contribution in [3.8, 4) is 16.9 Å². The SMILES string of the molecule is CCCNCc1cc(OC)ccc1-c1cnn(CC)c1C. The first-order valence-corrected chi connectivity index (χ1v) is 7.61. The van der Waals surface area contributed by atoms with E-state index < -0.39 is 0 Å². The molecule has 0 unspecified atom stereocenters. The zero-order valence-corrected chi connectivity index (χ0v) is 13.4. The molecule has 0 radical (unpaired) electrons. The Morgan fingerprint density at radius 2 is 2.05 bits per heavy atom. The van der Waals surface area contributed by atoms with Crippen LogP contribution < -0.4 is 10.1 Å². The van der Waals surface area contributed by atoms with Crippen molar-refractivity contribution in [2.45, 2.75) is 40.3 Å². The van der Waals surface area contributed by atoms with E-state index in [1.165, 1.54) is 22.4 Å². The van der Waals surface area contributed by atoms with Gasteiger partial charge in [0.25, 0.3) is 0 Å². The summed E-state index contributed by atoms with van der Waals surface area (Å²) in [5.41, 5.74) is 4.89. The summed E-state index contributed by atoms with van der Waals surface area (Å²) < 4.78 is 7.39. The molecule has 0 bridgehead atoms. The molecule has 0 atom stereocenters. The molecule has 2 aromatic rings. The van der Waals surface area contributed by atoms with Crippen LogP contribution in [0.1, 0.15) is 31.5 Å². The van der Waals surface area contributed by atoms with E-state index in [4.69, 9.17) is 4.74 Å². The van der Waals surface area contributed by atoms with Gasteiger partial charge in [-0.15, -0.1) is 0 Å². The van der Waals surface area contributed by atoms with Crippen molar-refractivity contribution in [1.29, 1.82) is 0 Å². The average molecular weight is 287 g/mol. The molecule has 2 rings (SSSR count). The summed E-state index contributed by atoms with van der Waals surface area (Å²) in [6.07, 6.45) is 3.09. The Hall–Kier alpha value is -1.81.